The zero-order chi connectivity index (χ0) is 16.7. The number of amides is 2. The molecule has 0 radical (unpaired) electrons. The Bertz CT molecular complexity index is 839. The summed E-state index contributed by atoms with van der Waals surface area (Å²) in [6.45, 7) is 4.06. The fraction of sp³-hybridized carbons (Fsp3) is 0.400. The SMILES string of the molecule is CNC(=O)[C@H]1CN(c2ccc3c(c2)sc(=O)n3C(C)C)C(=O)O1. The Balaban J connectivity index is 1.97. The molecule has 8 heteroatoms. The molecule has 1 aromatic heterocycles. The summed E-state index contributed by atoms with van der Waals surface area (Å²) >= 11 is 1.14. The lowest BCUT2D eigenvalue weighted by Gasteiger charge is -2.13. The van der Waals surface area contributed by atoms with Gasteiger partial charge in [-0.15, -0.1) is 0 Å². The molecule has 2 aromatic rings. The van der Waals surface area contributed by atoms with Crippen molar-refractivity contribution in [2.45, 2.75) is 26.0 Å². The number of carbonyl (C=O) groups is 2. The number of anilines is 1. The first kappa shape index (κ1) is 15.5. The van der Waals surface area contributed by atoms with Crippen molar-refractivity contribution in [1.82, 2.24) is 9.88 Å². The quantitative estimate of drug-likeness (QED) is 0.926. The smallest absolute Gasteiger partial charge is 0.415 e. The predicted octanol–water partition coefficient (Wildman–Crippen LogP) is 1.72. The number of benzene rings is 1. The van der Waals surface area contributed by atoms with Crippen molar-refractivity contribution in [1.29, 1.82) is 0 Å². The first-order valence-electron chi connectivity index (χ1n) is 7.27. The van der Waals surface area contributed by atoms with Crippen molar-refractivity contribution in [3.63, 3.8) is 0 Å². The van der Waals surface area contributed by atoms with Crippen LogP contribution in [0.25, 0.3) is 10.2 Å². The monoisotopic (exact) mass is 335 g/mol. The third-order valence-electron chi connectivity index (χ3n) is 3.78. The van der Waals surface area contributed by atoms with E-state index < -0.39 is 12.2 Å². The number of hydrogen-bond donors (Lipinski definition) is 1. The molecule has 0 bridgehead atoms. The third kappa shape index (κ3) is 2.59. The van der Waals surface area contributed by atoms with Gasteiger partial charge in [0.2, 0.25) is 0 Å². The molecule has 2 amide bonds. The number of nitrogens with one attached hydrogen (secondary N) is 1. The fourth-order valence-electron chi connectivity index (χ4n) is 2.65. The van der Waals surface area contributed by atoms with Crippen LogP contribution in [0.4, 0.5) is 10.5 Å². The van der Waals surface area contributed by atoms with Crippen LogP contribution in [0.15, 0.2) is 23.0 Å². The molecule has 0 aliphatic carbocycles. The Morgan fingerprint density at radius 2 is 2.13 bits per heavy atom. The number of likely N-dealkylation sites (N-methyl/N-ethyl adjacent to an activating group) is 1. The van der Waals surface area contributed by atoms with Crippen LogP contribution in [0.1, 0.15) is 19.9 Å². The summed E-state index contributed by atoms with van der Waals surface area (Å²) in [4.78, 5) is 37.1. The van der Waals surface area contributed by atoms with Gasteiger partial charge in [-0.2, -0.15) is 0 Å². The molecule has 1 atom stereocenters. The number of carbonyl (C=O) groups excluding carboxylic acids is 2. The minimum absolute atomic E-state index is 0.0283. The molecule has 122 valence electrons. The van der Waals surface area contributed by atoms with Gasteiger partial charge in [0.05, 0.1) is 16.8 Å². The molecule has 7 nitrogen and oxygen atoms in total. The van der Waals surface area contributed by atoms with Gasteiger partial charge in [-0.05, 0) is 32.0 Å². The zero-order valence-corrected chi connectivity index (χ0v) is 13.8. The van der Waals surface area contributed by atoms with Gasteiger partial charge in [0.1, 0.15) is 0 Å². The number of thiazole rings is 1. The maximum absolute atomic E-state index is 12.1. The average Bonchev–Trinajstić information content (AvgIpc) is 3.04. The summed E-state index contributed by atoms with van der Waals surface area (Å²) in [6.07, 6.45) is -1.38. The maximum atomic E-state index is 12.1. The highest BCUT2D eigenvalue weighted by atomic mass is 32.1. The summed E-state index contributed by atoms with van der Waals surface area (Å²) in [5.41, 5.74) is 1.46. The lowest BCUT2D eigenvalue weighted by molar-refractivity contribution is -0.127. The topological polar surface area (TPSA) is 80.6 Å². The Labute approximate surface area is 136 Å². The Morgan fingerprint density at radius 3 is 2.78 bits per heavy atom. The van der Waals surface area contributed by atoms with E-state index in [9.17, 15) is 14.4 Å². The molecule has 1 fully saturated rings. The predicted molar refractivity (Wildman–Crippen MR) is 88.2 cm³/mol. The van der Waals surface area contributed by atoms with Crippen molar-refractivity contribution >= 4 is 39.2 Å². The van der Waals surface area contributed by atoms with Crippen LogP contribution in [0, 0.1) is 0 Å². The van der Waals surface area contributed by atoms with E-state index in [0.717, 1.165) is 21.6 Å². The van der Waals surface area contributed by atoms with Crippen molar-refractivity contribution in [2.24, 2.45) is 0 Å². The van der Waals surface area contributed by atoms with Crippen LogP contribution in [-0.4, -0.2) is 36.3 Å². The van der Waals surface area contributed by atoms with Gasteiger partial charge in [-0.25, -0.2) is 4.79 Å². The minimum Gasteiger partial charge on any atom is -0.434 e. The fourth-order valence-corrected chi connectivity index (χ4v) is 3.70. The van der Waals surface area contributed by atoms with Gasteiger partial charge in [0.25, 0.3) is 5.91 Å². The summed E-state index contributed by atoms with van der Waals surface area (Å²) in [5.74, 6) is -0.336. The van der Waals surface area contributed by atoms with E-state index >= 15 is 0 Å². The zero-order valence-electron chi connectivity index (χ0n) is 13.0. The number of ether oxygens (including phenoxy) is 1. The van der Waals surface area contributed by atoms with E-state index in [1.165, 1.54) is 11.9 Å². The lowest BCUT2D eigenvalue weighted by Crippen LogP contribution is -2.35. The van der Waals surface area contributed by atoms with Crippen molar-refractivity contribution in [3.05, 3.63) is 27.9 Å². The second kappa shape index (κ2) is 5.69. The van der Waals surface area contributed by atoms with Crippen LogP contribution in [0.3, 0.4) is 0 Å². The second-order valence-electron chi connectivity index (χ2n) is 5.58. The normalized spacial score (nSPS) is 17.8. The molecular weight excluding hydrogens is 318 g/mol. The van der Waals surface area contributed by atoms with E-state index in [1.54, 1.807) is 16.7 Å². The second-order valence-corrected chi connectivity index (χ2v) is 6.57. The highest BCUT2D eigenvalue weighted by Gasteiger charge is 2.36. The lowest BCUT2D eigenvalue weighted by atomic mass is 10.2. The number of aromatic nitrogens is 1. The molecule has 0 spiro atoms. The molecule has 23 heavy (non-hydrogen) atoms. The standard InChI is InChI=1S/C15H17N3O4S/c1-8(2)18-10-5-4-9(6-12(10)23-15(18)21)17-7-11(13(19)16-3)22-14(17)20/h4-6,8,11H,7H2,1-3H3,(H,16,19)/t11-/m1/s1. The molecule has 2 heterocycles. The van der Waals surface area contributed by atoms with E-state index in [0.29, 0.717) is 5.69 Å². The van der Waals surface area contributed by atoms with E-state index in [4.69, 9.17) is 4.74 Å². The van der Waals surface area contributed by atoms with Gasteiger partial charge in [0.15, 0.2) is 6.10 Å². The van der Waals surface area contributed by atoms with Crippen LogP contribution in [0.2, 0.25) is 0 Å². The first-order valence-corrected chi connectivity index (χ1v) is 8.09. The average molecular weight is 335 g/mol. The molecule has 3 rings (SSSR count). The number of cyclic esters (lactones) is 1. The summed E-state index contributed by atoms with van der Waals surface area (Å²) in [6, 6.07) is 5.44. The third-order valence-corrected chi connectivity index (χ3v) is 4.69. The summed E-state index contributed by atoms with van der Waals surface area (Å²) in [7, 11) is 1.50. The van der Waals surface area contributed by atoms with Gasteiger partial charge < -0.3 is 10.1 Å². The minimum atomic E-state index is -0.817. The van der Waals surface area contributed by atoms with Gasteiger partial charge in [0, 0.05) is 18.8 Å². The molecule has 1 N–H and O–H groups in total. The van der Waals surface area contributed by atoms with Crippen molar-refractivity contribution in [2.75, 3.05) is 18.5 Å². The van der Waals surface area contributed by atoms with Gasteiger partial charge in [-0.1, -0.05) is 11.3 Å². The van der Waals surface area contributed by atoms with Crippen molar-refractivity contribution < 1.29 is 14.3 Å². The number of hydrogen-bond acceptors (Lipinski definition) is 5. The van der Waals surface area contributed by atoms with Crippen LogP contribution in [-0.2, 0) is 9.53 Å². The molecule has 1 saturated heterocycles. The maximum Gasteiger partial charge on any atom is 0.415 e. The Hall–Kier alpha value is -2.35. The number of rotatable bonds is 3. The van der Waals surface area contributed by atoms with E-state index in [1.807, 2.05) is 19.9 Å². The van der Waals surface area contributed by atoms with Gasteiger partial charge >= 0.3 is 11.0 Å². The number of nitrogens with zero attached hydrogens (tertiary/aromatic N) is 2. The van der Waals surface area contributed by atoms with Crippen LogP contribution in [0.5, 0.6) is 0 Å². The highest BCUT2D eigenvalue weighted by molar-refractivity contribution is 7.16. The summed E-state index contributed by atoms with van der Waals surface area (Å²) < 4.78 is 7.60. The first-order chi connectivity index (χ1) is 10.9. The largest absolute Gasteiger partial charge is 0.434 e. The van der Waals surface area contributed by atoms with Crippen LogP contribution < -0.4 is 15.1 Å². The molecule has 0 unspecified atom stereocenters. The summed E-state index contributed by atoms with van der Waals surface area (Å²) in [5, 5.41) is 2.47. The van der Waals surface area contributed by atoms with Crippen LogP contribution >= 0.6 is 11.3 Å². The Kier molecular flexibility index (Phi) is 3.85. The van der Waals surface area contributed by atoms with Gasteiger partial charge in [-0.3, -0.25) is 19.1 Å². The Morgan fingerprint density at radius 1 is 1.39 bits per heavy atom. The van der Waals surface area contributed by atoms with E-state index in [-0.39, 0.29) is 23.4 Å². The molecular formula is C15H17N3O4S. The molecule has 1 aliphatic heterocycles. The molecule has 1 aliphatic rings. The van der Waals surface area contributed by atoms with E-state index in [2.05, 4.69) is 5.32 Å². The highest BCUT2D eigenvalue weighted by Crippen LogP contribution is 2.28. The number of fused-ring (bicyclic) bond motifs is 1. The molecule has 0 saturated carbocycles. The van der Waals surface area contributed by atoms with Crippen molar-refractivity contribution in [3.8, 4) is 0 Å². The molecule has 1 aromatic carbocycles.